The molecule has 0 radical (unpaired) electrons. The van der Waals surface area contributed by atoms with Crippen molar-refractivity contribution >= 4 is 38.1 Å². The van der Waals surface area contributed by atoms with Gasteiger partial charge in [0.2, 0.25) is 15.9 Å². The minimum Gasteiger partial charge on any atom is -0.301 e. The van der Waals surface area contributed by atoms with E-state index in [0.717, 1.165) is 23.1 Å². The summed E-state index contributed by atoms with van der Waals surface area (Å²) in [6, 6.07) is 5.03. The molecule has 1 aromatic carbocycles. The van der Waals surface area contributed by atoms with E-state index in [2.05, 4.69) is 10.3 Å². The van der Waals surface area contributed by atoms with Crippen LogP contribution < -0.4 is 5.32 Å². The first-order valence-electron chi connectivity index (χ1n) is 9.44. The average Bonchev–Trinajstić information content (AvgIpc) is 3.07. The fraction of sp³-hybridized carbons (Fsp3) is 0.444. The fourth-order valence-electron chi connectivity index (χ4n) is 3.21. The van der Waals surface area contributed by atoms with Crippen molar-refractivity contribution in [2.24, 2.45) is 0 Å². The molecule has 2 heterocycles. The van der Waals surface area contributed by atoms with E-state index in [1.165, 1.54) is 33.8 Å². The number of amides is 1. The van der Waals surface area contributed by atoms with E-state index in [1.807, 2.05) is 18.7 Å². The van der Waals surface area contributed by atoms with Crippen LogP contribution in [0.1, 0.15) is 17.5 Å². The van der Waals surface area contributed by atoms with Crippen LogP contribution >= 0.6 is 11.3 Å². The third-order valence-corrected chi connectivity index (χ3v) is 7.66. The summed E-state index contributed by atoms with van der Waals surface area (Å²) in [6.07, 6.45) is 0.805. The Morgan fingerprint density at radius 2 is 2.00 bits per heavy atom. The average molecular weight is 454 g/mol. The highest BCUT2D eigenvalue weighted by molar-refractivity contribution is 7.89. The topological polar surface area (TPSA) is 126 Å². The number of carbonyl (C=O) groups excluding carboxylic acids is 1. The summed E-state index contributed by atoms with van der Waals surface area (Å²) in [4.78, 5) is 29.8. The van der Waals surface area contributed by atoms with Crippen molar-refractivity contribution < 1.29 is 18.1 Å². The number of anilines is 1. The molecule has 0 spiro atoms. The fourth-order valence-corrected chi connectivity index (χ4v) is 5.59. The molecular formula is C18H23N5O5S2. The SMILES string of the molecule is CCc1nc(NC(=O)CN2CCN(S(=O)(=O)c3cccc([N+](=O)[O-])c3)CC2)sc1C. The van der Waals surface area contributed by atoms with Crippen molar-refractivity contribution in [2.45, 2.75) is 25.2 Å². The minimum atomic E-state index is -3.83. The van der Waals surface area contributed by atoms with Gasteiger partial charge in [0.05, 0.1) is 22.1 Å². The van der Waals surface area contributed by atoms with Crippen molar-refractivity contribution in [3.8, 4) is 0 Å². The molecule has 1 fully saturated rings. The van der Waals surface area contributed by atoms with Gasteiger partial charge in [0.1, 0.15) is 0 Å². The van der Waals surface area contributed by atoms with Crippen LogP contribution in [0, 0.1) is 17.0 Å². The summed E-state index contributed by atoms with van der Waals surface area (Å²) in [5, 5.41) is 14.3. The Kier molecular flexibility index (Phi) is 6.81. The largest absolute Gasteiger partial charge is 0.301 e. The van der Waals surface area contributed by atoms with Gasteiger partial charge in [-0.3, -0.25) is 19.8 Å². The number of rotatable bonds is 7. The summed E-state index contributed by atoms with van der Waals surface area (Å²) < 4.78 is 26.9. The second kappa shape index (κ2) is 9.16. The van der Waals surface area contributed by atoms with E-state index in [9.17, 15) is 23.3 Å². The highest BCUT2D eigenvalue weighted by Gasteiger charge is 2.30. The normalized spacial score (nSPS) is 15.8. The number of nitrogens with zero attached hydrogens (tertiary/aromatic N) is 4. The Balaban J connectivity index is 1.56. The maximum Gasteiger partial charge on any atom is 0.270 e. The highest BCUT2D eigenvalue weighted by atomic mass is 32.2. The molecule has 0 aliphatic carbocycles. The lowest BCUT2D eigenvalue weighted by Crippen LogP contribution is -2.50. The van der Waals surface area contributed by atoms with Crippen molar-refractivity contribution in [1.29, 1.82) is 0 Å². The van der Waals surface area contributed by atoms with Crippen LogP contribution in [0.3, 0.4) is 0 Å². The summed E-state index contributed by atoms with van der Waals surface area (Å²) in [7, 11) is -3.83. The number of piperazine rings is 1. The molecule has 3 rings (SSSR count). The van der Waals surface area contributed by atoms with Gasteiger partial charge < -0.3 is 5.32 Å². The van der Waals surface area contributed by atoms with Crippen LogP contribution in [0.15, 0.2) is 29.2 Å². The number of sulfonamides is 1. The van der Waals surface area contributed by atoms with Crippen molar-refractivity contribution in [2.75, 3.05) is 38.0 Å². The molecule has 0 saturated carbocycles. The second-order valence-corrected chi connectivity index (χ2v) is 10.00. The first-order chi connectivity index (χ1) is 14.2. The minimum absolute atomic E-state index is 0.103. The van der Waals surface area contributed by atoms with Crippen molar-refractivity contribution in [3.63, 3.8) is 0 Å². The van der Waals surface area contributed by atoms with Gasteiger partial charge in [-0.1, -0.05) is 13.0 Å². The van der Waals surface area contributed by atoms with Gasteiger partial charge in [0, 0.05) is 43.2 Å². The molecule has 1 amide bonds. The third kappa shape index (κ3) is 5.01. The standard InChI is InChI=1S/C18H23N5O5S2/c1-3-16-13(2)29-18(19-16)20-17(24)12-21-7-9-22(10-8-21)30(27,28)15-6-4-5-14(11-15)23(25)26/h4-6,11H,3,7-10,12H2,1-2H3,(H,19,20,24). The van der Waals surface area contributed by atoms with E-state index in [0.29, 0.717) is 18.2 Å². The van der Waals surface area contributed by atoms with E-state index < -0.39 is 14.9 Å². The molecule has 2 aromatic rings. The highest BCUT2D eigenvalue weighted by Crippen LogP contribution is 2.23. The molecule has 0 bridgehead atoms. The number of aryl methyl sites for hydroxylation is 2. The van der Waals surface area contributed by atoms with Crippen LogP contribution in [0.2, 0.25) is 0 Å². The van der Waals surface area contributed by atoms with Crippen LogP contribution in [-0.4, -0.2) is 66.2 Å². The lowest BCUT2D eigenvalue weighted by molar-refractivity contribution is -0.385. The first kappa shape index (κ1) is 22.3. The second-order valence-electron chi connectivity index (χ2n) is 6.86. The molecule has 12 heteroatoms. The molecule has 1 N–H and O–H groups in total. The third-order valence-electron chi connectivity index (χ3n) is 4.84. The molecule has 0 unspecified atom stereocenters. The van der Waals surface area contributed by atoms with Gasteiger partial charge >= 0.3 is 0 Å². The number of nitro groups is 1. The van der Waals surface area contributed by atoms with E-state index in [4.69, 9.17) is 0 Å². The molecular weight excluding hydrogens is 430 g/mol. The number of non-ortho nitro benzene ring substituents is 1. The summed E-state index contributed by atoms with van der Waals surface area (Å²) in [5.41, 5.74) is 0.699. The van der Waals surface area contributed by atoms with E-state index >= 15 is 0 Å². The van der Waals surface area contributed by atoms with Gasteiger partial charge in [-0.05, 0) is 19.4 Å². The van der Waals surface area contributed by atoms with Crippen molar-refractivity contribution in [3.05, 3.63) is 45.0 Å². The maximum atomic E-state index is 12.8. The molecule has 1 saturated heterocycles. The zero-order valence-electron chi connectivity index (χ0n) is 16.7. The molecule has 0 atom stereocenters. The van der Waals surface area contributed by atoms with Crippen LogP contribution in [0.4, 0.5) is 10.8 Å². The molecule has 1 aliphatic rings. The number of benzene rings is 1. The zero-order valence-corrected chi connectivity index (χ0v) is 18.3. The predicted molar refractivity (Wildman–Crippen MR) is 113 cm³/mol. The van der Waals surface area contributed by atoms with Gasteiger partial charge in [-0.2, -0.15) is 4.31 Å². The molecule has 1 aliphatic heterocycles. The number of hydrogen-bond acceptors (Lipinski definition) is 8. The van der Waals surface area contributed by atoms with Crippen molar-refractivity contribution in [1.82, 2.24) is 14.2 Å². The van der Waals surface area contributed by atoms with Gasteiger partial charge in [-0.15, -0.1) is 11.3 Å². The Labute approximate surface area is 178 Å². The first-order valence-corrected chi connectivity index (χ1v) is 11.7. The lowest BCUT2D eigenvalue weighted by atomic mass is 10.3. The van der Waals surface area contributed by atoms with E-state index in [1.54, 1.807) is 0 Å². The quantitative estimate of drug-likeness (QED) is 0.501. The van der Waals surface area contributed by atoms with Gasteiger partial charge in [0.25, 0.3) is 5.69 Å². The van der Waals surface area contributed by atoms with Gasteiger partial charge in [0.15, 0.2) is 5.13 Å². The predicted octanol–water partition coefficient (Wildman–Crippen LogP) is 1.87. The number of hydrogen-bond donors (Lipinski definition) is 1. The molecule has 1 aromatic heterocycles. The Morgan fingerprint density at radius 3 is 2.60 bits per heavy atom. The Morgan fingerprint density at radius 1 is 1.30 bits per heavy atom. The number of aromatic nitrogens is 1. The maximum absolute atomic E-state index is 12.8. The lowest BCUT2D eigenvalue weighted by Gasteiger charge is -2.33. The van der Waals surface area contributed by atoms with Crippen LogP contribution in [-0.2, 0) is 21.2 Å². The molecule has 162 valence electrons. The Bertz CT molecular complexity index is 1040. The number of thiazole rings is 1. The Hall–Kier alpha value is -2.41. The number of nitro benzene ring substituents is 1. The van der Waals surface area contributed by atoms with E-state index in [-0.39, 0.29) is 36.1 Å². The van der Waals surface area contributed by atoms with Crippen LogP contribution in [0.5, 0.6) is 0 Å². The summed E-state index contributed by atoms with van der Waals surface area (Å²) in [5.74, 6) is -0.193. The van der Waals surface area contributed by atoms with Gasteiger partial charge in [-0.25, -0.2) is 13.4 Å². The van der Waals surface area contributed by atoms with Crippen LogP contribution in [0.25, 0.3) is 0 Å². The summed E-state index contributed by atoms with van der Waals surface area (Å²) in [6.45, 7) is 5.30. The molecule has 10 nitrogen and oxygen atoms in total. The zero-order chi connectivity index (χ0) is 21.9. The smallest absolute Gasteiger partial charge is 0.270 e. The summed E-state index contributed by atoms with van der Waals surface area (Å²) >= 11 is 1.44. The number of nitrogens with one attached hydrogen (secondary N) is 1. The molecule has 30 heavy (non-hydrogen) atoms. The number of carbonyl (C=O) groups is 1. The monoisotopic (exact) mass is 453 g/mol.